The molecule has 0 bridgehead atoms. The molecule has 0 aliphatic carbocycles. The number of halogens is 3. The molecule has 3 N–H and O–H groups in total. The van der Waals surface area contributed by atoms with Gasteiger partial charge < -0.3 is 20.0 Å². The number of carbonyl (C=O) groups is 2. The van der Waals surface area contributed by atoms with Crippen LogP contribution in [0.4, 0.5) is 18.9 Å². The largest absolute Gasteiger partial charge is 0.490 e. The highest BCUT2D eigenvalue weighted by molar-refractivity contribution is 6.02. The summed E-state index contributed by atoms with van der Waals surface area (Å²) in [5.74, 6) is -2.25. The van der Waals surface area contributed by atoms with E-state index in [9.17, 15) is 18.0 Å². The molecule has 8 nitrogen and oxygen atoms in total. The number of aromatic nitrogens is 4. The third-order valence-electron chi connectivity index (χ3n) is 3.85. The lowest BCUT2D eigenvalue weighted by molar-refractivity contribution is -0.192. The van der Waals surface area contributed by atoms with Crippen molar-refractivity contribution in [2.45, 2.75) is 26.9 Å². The van der Waals surface area contributed by atoms with Crippen molar-refractivity contribution in [3.63, 3.8) is 0 Å². The van der Waals surface area contributed by atoms with E-state index >= 15 is 0 Å². The van der Waals surface area contributed by atoms with Crippen molar-refractivity contribution in [2.24, 2.45) is 0 Å². The van der Waals surface area contributed by atoms with Gasteiger partial charge in [-0.2, -0.15) is 13.2 Å². The molecule has 0 saturated carbocycles. The molecule has 0 aliphatic rings. The Balaban J connectivity index is 0.000000370. The Morgan fingerprint density at radius 1 is 1.10 bits per heavy atom. The van der Waals surface area contributed by atoms with E-state index < -0.39 is 12.1 Å². The van der Waals surface area contributed by atoms with E-state index in [2.05, 4.69) is 20.3 Å². The monoisotopic (exact) mass is 409 g/mol. The van der Waals surface area contributed by atoms with Gasteiger partial charge in [-0.25, -0.2) is 14.8 Å². The molecule has 0 saturated heterocycles. The Kier molecular flexibility index (Phi) is 6.42. The summed E-state index contributed by atoms with van der Waals surface area (Å²) in [4.78, 5) is 32.2. The van der Waals surface area contributed by atoms with E-state index in [0.717, 1.165) is 22.8 Å². The first kappa shape index (κ1) is 21.7. The molecule has 0 unspecified atom stereocenters. The maximum Gasteiger partial charge on any atom is 0.490 e. The van der Waals surface area contributed by atoms with Crippen LogP contribution in [-0.2, 0) is 4.79 Å². The second-order valence-electron chi connectivity index (χ2n) is 5.97. The average Bonchev–Trinajstić information content (AvgIpc) is 3.22. The molecule has 2 heterocycles. The van der Waals surface area contributed by atoms with Gasteiger partial charge in [-0.15, -0.1) is 0 Å². The van der Waals surface area contributed by atoms with Crippen LogP contribution in [0.3, 0.4) is 0 Å². The first-order valence-corrected chi connectivity index (χ1v) is 8.23. The number of anilines is 1. The number of aryl methyl sites for hydroxylation is 2. The number of imidazole rings is 2. The van der Waals surface area contributed by atoms with Crippen LogP contribution >= 0.6 is 0 Å². The number of hydrogen-bond acceptors (Lipinski definition) is 4. The molecule has 1 amide bonds. The molecule has 154 valence electrons. The van der Waals surface area contributed by atoms with E-state index in [4.69, 9.17) is 9.90 Å². The first-order chi connectivity index (χ1) is 13.5. The summed E-state index contributed by atoms with van der Waals surface area (Å²) in [7, 11) is 0. The van der Waals surface area contributed by atoms with Crippen LogP contribution in [0.5, 0.6) is 0 Å². The molecule has 2 aromatic heterocycles. The topological polar surface area (TPSA) is 113 Å². The van der Waals surface area contributed by atoms with E-state index in [-0.39, 0.29) is 5.91 Å². The molecule has 1 aromatic carbocycles. The van der Waals surface area contributed by atoms with Gasteiger partial charge in [0.25, 0.3) is 5.91 Å². The Hall–Kier alpha value is -3.63. The lowest BCUT2D eigenvalue weighted by atomic mass is 10.2. The number of carbonyl (C=O) groups excluding carboxylic acids is 1. The van der Waals surface area contributed by atoms with Crippen LogP contribution < -0.4 is 5.32 Å². The Morgan fingerprint density at radius 3 is 2.10 bits per heavy atom. The number of aromatic amines is 1. The fourth-order valence-corrected chi connectivity index (χ4v) is 2.20. The quantitative estimate of drug-likeness (QED) is 0.614. The molecule has 29 heavy (non-hydrogen) atoms. The molecule has 0 spiro atoms. The van der Waals surface area contributed by atoms with Crippen LogP contribution in [-0.4, -0.2) is 42.7 Å². The normalized spacial score (nSPS) is 10.8. The van der Waals surface area contributed by atoms with Gasteiger partial charge in [0.05, 0.1) is 18.2 Å². The van der Waals surface area contributed by atoms with Gasteiger partial charge in [-0.1, -0.05) is 0 Å². The Bertz CT molecular complexity index is 1010. The van der Waals surface area contributed by atoms with Crippen LogP contribution in [0.25, 0.3) is 5.69 Å². The number of rotatable bonds is 3. The maximum absolute atomic E-state index is 12.0. The first-order valence-electron chi connectivity index (χ1n) is 8.23. The number of alkyl halides is 3. The molecule has 3 rings (SSSR count). The van der Waals surface area contributed by atoms with Crippen LogP contribution in [0.1, 0.15) is 27.7 Å². The van der Waals surface area contributed by atoms with Crippen LogP contribution in [0.15, 0.2) is 36.8 Å². The molecular formula is C18H18F3N5O3. The van der Waals surface area contributed by atoms with Gasteiger partial charge in [0, 0.05) is 17.1 Å². The number of H-pyrrole nitrogens is 1. The lowest BCUT2D eigenvalue weighted by Crippen LogP contribution is -2.21. The van der Waals surface area contributed by atoms with Crippen LogP contribution in [0.2, 0.25) is 0 Å². The smallest absolute Gasteiger partial charge is 0.475 e. The summed E-state index contributed by atoms with van der Waals surface area (Å²) in [6, 6.07) is 7.63. The molecule has 11 heteroatoms. The van der Waals surface area contributed by atoms with Gasteiger partial charge in [0.15, 0.2) is 0 Å². The van der Waals surface area contributed by atoms with E-state index in [1.807, 2.05) is 42.7 Å². The minimum atomic E-state index is -5.08. The maximum atomic E-state index is 12.0. The van der Waals surface area contributed by atoms with Crippen molar-refractivity contribution in [1.82, 2.24) is 19.5 Å². The number of hydrogen-bond donors (Lipinski definition) is 3. The molecule has 3 aromatic rings. The lowest BCUT2D eigenvalue weighted by Gasteiger charge is -2.08. The summed E-state index contributed by atoms with van der Waals surface area (Å²) in [5.41, 5.74) is 4.29. The predicted molar refractivity (Wildman–Crippen MR) is 98.0 cm³/mol. The van der Waals surface area contributed by atoms with Gasteiger partial charge in [-0.05, 0) is 45.0 Å². The average molecular weight is 409 g/mol. The summed E-state index contributed by atoms with van der Waals surface area (Å²) in [6.45, 7) is 5.81. The third-order valence-corrected chi connectivity index (χ3v) is 3.85. The highest BCUT2D eigenvalue weighted by Gasteiger charge is 2.38. The van der Waals surface area contributed by atoms with Crippen molar-refractivity contribution >= 4 is 17.6 Å². The summed E-state index contributed by atoms with van der Waals surface area (Å²) < 4.78 is 33.7. The van der Waals surface area contributed by atoms with Gasteiger partial charge >= 0.3 is 12.1 Å². The Morgan fingerprint density at radius 2 is 1.69 bits per heavy atom. The third kappa shape index (κ3) is 5.67. The highest BCUT2D eigenvalue weighted by atomic mass is 19.4. The van der Waals surface area contributed by atoms with Crippen molar-refractivity contribution in [2.75, 3.05) is 5.32 Å². The molecule has 0 atom stereocenters. The van der Waals surface area contributed by atoms with Gasteiger partial charge in [0.1, 0.15) is 11.5 Å². The standard InChI is InChI=1S/C16H17N5O.C2HF3O2/c1-10-11(2)21(9-18-10)14-6-4-13(5-7-14)20-16(22)15-8-17-12(3)19-15;3-2(4,5)1(6)7/h4-9H,1-3H3,(H,17,19)(H,20,22);(H,6,7). The van der Waals surface area contributed by atoms with Gasteiger partial charge in [-0.3, -0.25) is 4.79 Å². The van der Waals surface area contributed by atoms with E-state index in [1.54, 1.807) is 13.3 Å². The number of carboxylic acids is 1. The molecule has 0 fully saturated rings. The number of nitrogens with one attached hydrogen (secondary N) is 2. The zero-order valence-corrected chi connectivity index (χ0v) is 15.7. The molecule has 0 aliphatic heterocycles. The number of nitrogens with zero attached hydrogens (tertiary/aromatic N) is 3. The van der Waals surface area contributed by atoms with Crippen molar-refractivity contribution in [3.8, 4) is 5.69 Å². The number of benzene rings is 1. The zero-order valence-electron chi connectivity index (χ0n) is 15.7. The Labute approximate surface area is 163 Å². The minimum absolute atomic E-state index is 0.206. The fourth-order valence-electron chi connectivity index (χ4n) is 2.20. The van der Waals surface area contributed by atoms with Crippen molar-refractivity contribution in [1.29, 1.82) is 0 Å². The van der Waals surface area contributed by atoms with Crippen LogP contribution in [0, 0.1) is 20.8 Å². The summed E-state index contributed by atoms with van der Waals surface area (Å²) >= 11 is 0. The zero-order chi connectivity index (χ0) is 21.8. The second-order valence-corrected chi connectivity index (χ2v) is 5.97. The van der Waals surface area contributed by atoms with E-state index in [1.165, 1.54) is 6.20 Å². The molecular weight excluding hydrogens is 391 g/mol. The minimum Gasteiger partial charge on any atom is -0.475 e. The van der Waals surface area contributed by atoms with Crippen molar-refractivity contribution < 1.29 is 27.9 Å². The summed E-state index contributed by atoms with van der Waals surface area (Å²) in [5, 5.41) is 9.96. The predicted octanol–water partition coefficient (Wildman–Crippen LogP) is 3.41. The number of aliphatic carboxylic acids is 1. The van der Waals surface area contributed by atoms with Crippen molar-refractivity contribution in [3.05, 3.63) is 59.7 Å². The SMILES string of the molecule is Cc1ncc(C(=O)Nc2ccc(-n3cnc(C)c3C)cc2)[nH]1.O=C(O)C(F)(F)F. The number of amides is 1. The number of carboxylic acid groups (broad SMARTS) is 1. The highest BCUT2D eigenvalue weighted by Crippen LogP contribution is 2.17. The second kappa shape index (κ2) is 8.59. The molecule has 0 radical (unpaired) electrons. The van der Waals surface area contributed by atoms with Gasteiger partial charge in [0.2, 0.25) is 0 Å². The van der Waals surface area contributed by atoms with E-state index in [0.29, 0.717) is 11.5 Å². The summed E-state index contributed by atoms with van der Waals surface area (Å²) in [6.07, 6.45) is -1.76. The fraction of sp³-hybridized carbons (Fsp3) is 0.222.